The summed E-state index contributed by atoms with van der Waals surface area (Å²) in [6.45, 7) is 9.71. The number of rotatable bonds is 0. The molecule has 0 fully saturated rings. The molecule has 0 saturated carbocycles. The van der Waals surface area contributed by atoms with Crippen molar-refractivity contribution in [3.05, 3.63) is 11.1 Å². The third-order valence-electron chi connectivity index (χ3n) is 4.79. The minimum Gasteiger partial charge on any atom is -0.0639 e. The highest BCUT2D eigenvalue weighted by Crippen LogP contribution is 2.63. The van der Waals surface area contributed by atoms with E-state index in [0.29, 0.717) is 10.8 Å². The SMILES string of the molecule is CC1(C)C2=C(CCCCC2)C1(C)C. The Labute approximate surface area is 82.4 Å². The van der Waals surface area contributed by atoms with Crippen LogP contribution in [0.25, 0.3) is 0 Å². The number of allylic oxidation sites excluding steroid dienone is 2. The predicted molar refractivity (Wildman–Crippen MR) is 57.7 cm³/mol. The Morgan fingerprint density at radius 1 is 0.692 bits per heavy atom. The van der Waals surface area contributed by atoms with Gasteiger partial charge in [0.05, 0.1) is 0 Å². The summed E-state index contributed by atoms with van der Waals surface area (Å²) in [5.74, 6) is 0. The zero-order valence-corrected chi connectivity index (χ0v) is 9.54. The average molecular weight is 178 g/mol. The second kappa shape index (κ2) is 2.62. The lowest BCUT2D eigenvalue weighted by Crippen LogP contribution is -2.46. The van der Waals surface area contributed by atoms with Gasteiger partial charge in [0.25, 0.3) is 0 Å². The van der Waals surface area contributed by atoms with Crippen LogP contribution in [0.15, 0.2) is 11.1 Å². The first-order chi connectivity index (χ1) is 5.98. The zero-order chi connectivity index (χ0) is 9.69. The minimum absolute atomic E-state index is 0.479. The molecule has 0 radical (unpaired) electrons. The van der Waals surface area contributed by atoms with E-state index in [4.69, 9.17) is 0 Å². The van der Waals surface area contributed by atoms with Crippen LogP contribution in [0.4, 0.5) is 0 Å². The fourth-order valence-electron chi connectivity index (χ4n) is 3.15. The van der Waals surface area contributed by atoms with Crippen molar-refractivity contribution >= 4 is 0 Å². The zero-order valence-electron chi connectivity index (χ0n) is 9.54. The third-order valence-corrected chi connectivity index (χ3v) is 4.79. The molecule has 0 heterocycles. The predicted octanol–water partition coefficient (Wildman–Crippen LogP) is 4.31. The molecule has 13 heavy (non-hydrogen) atoms. The molecule has 0 nitrogen and oxygen atoms in total. The molecule has 0 aromatic rings. The van der Waals surface area contributed by atoms with E-state index in [9.17, 15) is 0 Å². The molecule has 0 aromatic heterocycles. The summed E-state index contributed by atoms with van der Waals surface area (Å²) in [5, 5.41) is 0. The van der Waals surface area contributed by atoms with Gasteiger partial charge in [-0.1, -0.05) is 45.3 Å². The lowest BCUT2D eigenvalue weighted by atomic mass is 9.48. The summed E-state index contributed by atoms with van der Waals surface area (Å²) in [7, 11) is 0. The number of hydrogen-bond donors (Lipinski definition) is 0. The Balaban J connectivity index is 2.36. The van der Waals surface area contributed by atoms with E-state index in [1.165, 1.54) is 32.1 Å². The van der Waals surface area contributed by atoms with Crippen molar-refractivity contribution in [2.24, 2.45) is 10.8 Å². The second-order valence-electron chi connectivity index (χ2n) is 5.77. The molecule has 74 valence electrons. The van der Waals surface area contributed by atoms with Gasteiger partial charge in [-0.05, 0) is 36.5 Å². The topological polar surface area (TPSA) is 0 Å². The van der Waals surface area contributed by atoms with Crippen LogP contribution < -0.4 is 0 Å². The molecule has 0 N–H and O–H groups in total. The third kappa shape index (κ3) is 1.04. The molecule has 0 heteroatoms. The summed E-state index contributed by atoms with van der Waals surface area (Å²) >= 11 is 0. The highest BCUT2D eigenvalue weighted by molar-refractivity contribution is 5.41. The molecule has 0 atom stereocenters. The molecule has 0 spiro atoms. The van der Waals surface area contributed by atoms with Gasteiger partial charge in [-0.25, -0.2) is 0 Å². The summed E-state index contributed by atoms with van der Waals surface area (Å²) in [6.07, 6.45) is 7.06. The van der Waals surface area contributed by atoms with Crippen LogP contribution in [-0.4, -0.2) is 0 Å². The molecule has 0 saturated heterocycles. The van der Waals surface area contributed by atoms with Gasteiger partial charge >= 0.3 is 0 Å². The summed E-state index contributed by atoms with van der Waals surface area (Å²) in [4.78, 5) is 0. The highest BCUT2D eigenvalue weighted by Gasteiger charge is 2.52. The molecular formula is C13H22. The molecule has 0 amide bonds. The molecule has 0 bridgehead atoms. The van der Waals surface area contributed by atoms with Crippen LogP contribution in [0.1, 0.15) is 59.8 Å². The van der Waals surface area contributed by atoms with Crippen LogP contribution in [0.2, 0.25) is 0 Å². The van der Waals surface area contributed by atoms with E-state index >= 15 is 0 Å². The fourth-order valence-corrected chi connectivity index (χ4v) is 3.15. The quantitative estimate of drug-likeness (QED) is 0.485. The lowest BCUT2D eigenvalue weighted by molar-refractivity contribution is 0.130. The van der Waals surface area contributed by atoms with Crippen LogP contribution in [0.5, 0.6) is 0 Å². The van der Waals surface area contributed by atoms with E-state index in [-0.39, 0.29) is 0 Å². The van der Waals surface area contributed by atoms with Crippen molar-refractivity contribution < 1.29 is 0 Å². The Morgan fingerprint density at radius 2 is 1.08 bits per heavy atom. The molecule has 2 aliphatic rings. The van der Waals surface area contributed by atoms with E-state index < -0.39 is 0 Å². The largest absolute Gasteiger partial charge is 0.0639 e. The minimum atomic E-state index is 0.479. The van der Waals surface area contributed by atoms with Crippen LogP contribution >= 0.6 is 0 Å². The van der Waals surface area contributed by atoms with Gasteiger partial charge in [0.15, 0.2) is 0 Å². The molecule has 2 aliphatic carbocycles. The van der Waals surface area contributed by atoms with Gasteiger partial charge in [-0.15, -0.1) is 0 Å². The van der Waals surface area contributed by atoms with Gasteiger partial charge in [0, 0.05) is 0 Å². The monoisotopic (exact) mass is 178 g/mol. The normalized spacial score (nSPS) is 30.5. The molecule has 0 aliphatic heterocycles. The van der Waals surface area contributed by atoms with Crippen LogP contribution in [0, 0.1) is 10.8 Å². The first kappa shape index (κ1) is 9.30. The van der Waals surface area contributed by atoms with Crippen LogP contribution in [0.3, 0.4) is 0 Å². The van der Waals surface area contributed by atoms with E-state index in [1.54, 1.807) is 11.1 Å². The lowest BCUT2D eigenvalue weighted by Gasteiger charge is -2.56. The Hall–Kier alpha value is -0.260. The van der Waals surface area contributed by atoms with Crippen molar-refractivity contribution in [1.29, 1.82) is 0 Å². The van der Waals surface area contributed by atoms with Gasteiger partial charge in [0.1, 0.15) is 0 Å². The average Bonchev–Trinajstić information content (AvgIpc) is 2.27. The summed E-state index contributed by atoms with van der Waals surface area (Å²) < 4.78 is 0. The van der Waals surface area contributed by atoms with Crippen LogP contribution in [-0.2, 0) is 0 Å². The standard InChI is InChI=1S/C13H22/c1-12(2)10-8-6-5-7-9-11(10)13(12,3)4/h5-9H2,1-4H3. The van der Waals surface area contributed by atoms with Gasteiger partial charge in [-0.2, -0.15) is 0 Å². The fraction of sp³-hybridized carbons (Fsp3) is 0.846. The van der Waals surface area contributed by atoms with E-state index in [0.717, 1.165) is 0 Å². The van der Waals surface area contributed by atoms with E-state index in [1.807, 2.05) is 0 Å². The van der Waals surface area contributed by atoms with E-state index in [2.05, 4.69) is 27.7 Å². The Kier molecular flexibility index (Phi) is 1.87. The molecule has 0 unspecified atom stereocenters. The van der Waals surface area contributed by atoms with Crippen molar-refractivity contribution in [3.8, 4) is 0 Å². The van der Waals surface area contributed by atoms with Gasteiger partial charge in [0.2, 0.25) is 0 Å². The molecule has 0 aromatic carbocycles. The Morgan fingerprint density at radius 3 is 1.46 bits per heavy atom. The maximum absolute atomic E-state index is 2.43. The second-order valence-corrected chi connectivity index (χ2v) is 5.77. The Bertz CT molecular complexity index is 227. The molecular weight excluding hydrogens is 156 g/mol. The summed E-state index contributed by atoms with van der Waals surface area (Å²) in [6, 6.07) is 0. The number of hydrogen-bond acceptors (Lipinski definition) is 0. The van der Waals surface area contributed by atoms with Crippen molar-refractivity contribution in [3.63, 3.8) is 0 Å². The first-order valence-corrected chi connectivity index (χ1v) is 5.71. The van der Waals surface area contributed by atoms with Gasteiger partial charge in [-0.3, -0.25) is 0 Å². The maximum atomic E-state index is 2.43. The van der Waals surface area contributed by atoms with Crippen molar-refractivity contribution in [2.75, 3.05) is 0 Å². The van der Waals surface area contributed by atoms with Crippen molar-refractivity contribution in [2.45, 2.75) is 59.8 Å². The first-order valence-electron chi connectivity index (χ1n) is 5.71. The highest BCUT2D eigenvalue weighted by atomic mass is 14.6. The molecule has 2 rings (SSSR count). The smallest absolute Gasteiger partial charge is 0.00534 e. The summed E-state index contributed by atoms with van der Waals surface area (Å²) in [5.41, 5.74) is 4.56. The van der Waals surface area contributed by atoms with Crippen molar-refractivity contribution in [1.82, 2.24) is 0 Å². The maximum Gasteiger partial charge on any atom is -0.00534 e. The van der Waals surface area contributed by atoms with Gasteiger partial charge < -0.3 is 0 Å².